The molecule has 0 fully saturated rings. The minimum atomic E-state index is -0.655. The van der Waals surface area contributed by atoms with Crippen LogP contribution >= 0.6 is 0 Å². The van der Waals surface area contributed by atoms with E-state index in [1.807, 2.05) is 13.0 Å². The van der Waals surface area contributed by atoms with Gasteiger partial charge in [0.1, 0.15) is 18.3 Å². The molecule has 2 N–H and O–H groups in total. The Bertz CT molecular complexity index is 618. The van der Waals surface area contributed by atoms with E-state index in [9.17, 15) is 14.4 Å². The van der Waals surface area contributed by atoms with Gasteiger partial charge in [-0.15, -0.1) is 0 Å². The highest BCUT2D eigenvalue weighted by Gasteiger charge is 2.26. The molecule has 7 nitrogen and oxygen atoms in total. The summed E-state index contributed by atoms with van der Waals surface area (Å²) in [5, 5.41) is 5.34. The summed E-state index contributed by atoms with van der Waals surface area (Å²) in [6.07, 6.45) is 1.03. The first-order valence-electron chi connectivity index (χ1n) is 8.12. The first-order chi connectivity index (χ1) is 11.5. The molecule has 0 aliphatic carbocycles. The highest BCUT2D eigenvalue weighted by Crippen LogP contribution is 2.30. The lowest BCUT2D eigenvalue weighted by atomic mass is 10.2. The van der Waals surface area contributed by atoms with Gasteiger partial charge in [-0.1, -0.05) is 19.1 Å². The highest BCUT2D eigenvalue weighted by molar-refractivity contribution is 6.01. The number of para-hydroxylation sites is 2. The Labute approximate surface area is 141 Å². The number of carbonyl (C=O) groups is 3. The van der Waals surface area contributed by atoms with E-state index in [2.05, 4.69) is 10.6 Å². The van der Waals surface area contributed by atoms with Gasteiger partial charge in [-0.2, -0.15) is 0 Å². The summed E-state index contributed by atoms with van der Waals surface area (Å²) in [6.45, 7) is 4.26. The molecule has 1 heterocycles. The van der Waals surface area contributed by atoms with Gasteiger partial charge in [0.15, 0.2) is 0 Å². The zero-order valence-electron chi connectivity index (χ0n) is 14.0. The molecule has 0 unspecified atom stereocenters. The van der Waals surface area contributed by atoms with E-state index in [-0.39, 0.29) is 37.3 Å². The van der Waals surface area contributed by atoms with Crippen LogP contribution in [0.4, 0.5) is 5.69 Å². The van der Waals surface area contributed by atoms with Crippen LogP contribution in [-0.4, -0.2) is 43.5 Å². The van der Waals surface area contributed by atoms with Gasteiger partial charge in [-0.25, -0.2) is 0 Å². The van der Waals surface area contributed by atoms with Crippen LogP contribution in [0.15, 0.2) is 24.3 Å². The van der Waals surface area contributed by atoms with E-state index < -0.39 is 6.04 Å². The summed E-state index contributed by atoms with van der Waals surface area (Å²) >= 11 is 0. The molecule has 1 aromatic rings. The van der Waals surface area contributed by atoms with Crippen LogP contribution in [0.2, 0.25) is 0 Å². The van der Waals surface area contributed by atoms with Gasteiger partial charge in [0, 0.05) is 6.54 Å². The number of hydrogen-bond donors (Lipinski definition) is 2. The SMILES string of the molecule is CCCNC(=O)[C@@H](C)NC(=O)CN1C(=O)CCOc2ccccc21. The number of hydrogen-bond acceptors (Lipinski definition) is 4. The number of fused-ring (bicyclic) bond motifs is 1. The highest BCUT2D eigenvalue weighted by atomic mass is 16.5. The van der Waals surface area contributed by atoms with Gasteiger partial charge in [-0.05, 0) is 25.5 Å². The zero-order valence-corrected chi connectivity index (χ0v) is 14.0. The van der Waals surface area contributed by atoms with Crippen molar-refractivity contribution in [3.63, 3.8) is 0 Å². The fraction of sp³-hybridized carbons (Fsp3) is 0.471. The van der Waals surface area contributed by atoms with Crippen LogP contribution < -0.4 is 20.3 Å². The average molecular weight is 333 g/mol. The second-order valence-corrected chi connectivity index (χ2v) is 5.63. The summed E-state index contributed by atoms with van der Waals surface area (Å²) in [5.41, 5.74) is 0.568. The Balaban J connectivity index is 2.02. The lowest BCUT2D eigenvalue weighted by molar-refractivity contribution is -0.128. The summed E-state index contributed by atoms with van der Waals surface area (Å²) in [7, 11) is 0. The molecule has 0 spiro atoms. The van der Waals surface area contributed by atoms with E-state index in [1.165, 1.54) is 4.90 Å². The Kier molecular flexibility index (Phi) is 6.17. The van der Waals surface area contributed by atoms with Gasteiger partial charge in [0.25, 0.3) is 0 Å². The van der Waals surface area contributed by atoms with Crippen LogP contribution in [-0.2, 0) is 14.4 Å². The molecule has 0 radical (unpaired) electrons. The molecule has 130 valence electrons. The minimum absolute atomic E-state index is 0.148. The number of benzene rings is 1. The van der Waals surface area contributed by atoms with Crippen molar-refractivity contribution in [2.24, 2.45) is 0 Å². The number of rotatable bonds is 6. The Morgan fingerprint density at radius 2 is 2.08 bits per heavy atom. The average Bonchev–Trinajstić information content (AvgIpc) is 2.72. The van der Waals surface area contributed by atoms with Crippen LogP contribution in [0.1, 0.15) is 26.7 Å². The van der Waals surface area contributed by atoms with Gasteiger partial charge in [-0.3, -0.25) is 19.3 Å². The quantitative estimate of drug-likeness (QED) is 0.807. The largest absolute Gasteiger partial charge is 0.491 e. The molecule has 0 saturated heterocycles. The molecule has 0 saturated carbocycles. The van der Waals surface area contributed by atoms with Crippen molar-refractivity contribution in [2.45, 2.75) is 32.7 Å². The normalized spacial score (nSPS) is 14.9. The third kappa shape index (κ3) is 4.47. The van der Waals surface area contributed by atoms with Crippen LogP contribution in [0.5, 0.6) is 5.75 Å². The number of nitrogens with one attached hydrogen (secondary N) is 2. The maximum atomic E-state index is 12.3. The maximum Gasteiger partial charge on any atom is 0.242 e. The van der Waals surface area contributed by atoms with Crippen molar-refractivity contribution in [1.29, 1.82) is 0 Å². The zero-order chi connectivity index (χ0) is 17.5. The molecule has 0 aromatic heterocycles. The Morgan fingerprint density at radius 3 is 2.83 bits per heavy atom. The predicted molar refractivity (Wildman–Crippen MR) is 89.8 cm³/mol. The predicted octanol–water partition coefficient (Wildman–Crippen LogP) is 0.833. The van der Waals surface area contributed by atoms with E-state index in [0.717, 1.165) is 6.42 Å². The van der Waals surface area contributed by atoms with Crippen molar-refractivity contribution in [2.75, 3.05) is 24.6 Å². The van der Waals surface area contributed by atoms with E-state index >= 15 is 0 Å². The number of ether oxygens (including phenoxy) is 1. The van der Waals surface area contributed by atoms with Crippen molar-refractivity contribution < 1.29 is 19.1 Å². The van der Waals surface area contributed by atoms with Crippen molar-refractivity contribution in [3.8, 4) is 5.75 Å². The topological polar surface area (TPSA) is 87.7 Å². The monoisotopic (exact) mass is 333 g/mol. The summed E-state index contributed by atoms with van der Waals surface area (Å²) in [5.74, 6) is -0.238. The maximum absolute atomic E-state index is 12.3. The van der Waals surface area contributed by atoms with Gasteiger partial charge < -0.3 is 15.4 Å². The molecule has 3 amide bonds. The fourth-order valence-electron chi connectivity index (χ4n) is 2.39. The minimum Gasteiger partial charge on any atom is -0.491 e. The molecule has 7 heteroatoms. The molecule has 1 aliphatic rings. The molecule has 0 bridgehead atoms. The number of amides is 3. The second-order valence-electron chi connectivity index (χ2n) is 5.63. The summed E-state index contributed by atoms with van der Waals surface area (Å²) in [4.78, 5) is 37.7. The van der Waals surface area contributed by atoms with Gasteiger partial charge in [0.05, 0.1) is 18.7 Å². The second kappa shape index (κ2) is 8.33. The fourth-order valence-corrected chi connectivity index (χ4v) is 2.39. The molecular weight excluding hydrogens is 310 g/mol. The smallest absolute Gasteiger partial charge is 0.242 e. The van der Waals surface area contributed by atoms with Crippen LogP contribution in [0.3, 0.4) is 0 Å². The molecular formula is C17H23N3O4. The van der Waals surface area contributed by atoms with Crippen molar-refractivity contribution in [3.05, 3.63) is 24.3 Å². The summed E-state index contributed by atoms with van der Waals surface area (Å²) in [6, 6.07) is 6.44. The standard InChI is InChI=1S/C17H23N3O4/c1-3-9-18-17(23)12(2)19-15(21)11-20-13-6-4-5-7-14(13)24-10-8-16(20)22/h4-7,12H,3,8-11H2,1-2H3,(H,18,23)(H,19,21)/t12-/m1/s1. The third-order valence-corrected chi connectivity index (χ3v) is 3.65. The number of anilines is 1. The van der Waals surface area contributed by atoms with E-state index in [1.54, 1.807) is 25.1 Å². The summed E-state index contributed by atoms with van der Waals surface area (Å²) < 4.78 is 5.54. The lowest BCUT2D eigenvalue weighted by Crippen LogP contribution is -2.49. The van der Waals surface area contributed by atoms with E-state index in [0.29, 0.717) is 18.0 Å². The van der Waals surface area contributed by atoms with Gasteiger partial charge in [0.2, 0.25) is 17.7 Å². The molecule has 1 atom stereocenters. The molecule has 1 aliphatic heterocycles. The van der Waals surface area contributed by atoms with Gasteiger partial charge >= 0.3 is 0 Å². The Morgan fingerprint density at radius 1 is 1.33 bits per heavy atom. The third-order valence-electron chi connectivity index (χ3n) is 3.65. The molecule has 2 rings (SSSR count). The Hall–Kier alpha value is -2.57. The first-order valence-corrected chi connectivity index (χ1v) is 8.12. The van der Waals surface area contributed by atoms with Crippen molar-refractivity contribution >= 4 is 23.4 Å². The van der Waals surface area contributed by atoms with Crippen molar-refractivity contribution in [1.82, 2.24) is 10.6 Å². The molecule has 24 heavy (non-hydrogen) atoms. The number of carbonyl (C=O) groups excluding carboxylic acids is 3. The molecule has 1 aromatic carbocycles. The lowest BCUT2D eigenvalue weighted by Gasteiger charge is -2.22. The van der Waals surface area contributed by atoms with E-state index in [4.69, 9.17) is 4.74 Å². The van der Waals surface area contributed by atoms with Crippen LogP contribution in [0.25, 0.3) is 0 Å². The number of nitrogens with zero attached hydrogens (tertiary/aromatic N) is 1. The van der Waals surface area contributed by atoms with Crippen LogP contribution in [0, 0.1) is 0 Å². The first kappa shape index (κ1) is 17.8.